The number of benzene rings is 2. The fourth-order valence-corrected chi connectivity index (χ4v) is 7.57. The van der Waals surface area contributed by atoms with Crippen LogP contribution >= 0.6 is 23.2 Å². The molecule has 30 heavy (non-hydrogen) atoms. The molecule has 0 aromatic heterocycles. The summed E-state index contributed by atoms with van der Waals surface area (Å²) < 4.78 is 0. The molecule has 160 valence electrons. The quantitative estimate of drug-likeness (QED) is 0.434. The number of hydrogen-bond donors (Lipinski definition) is 2. The predicted octanol–water partition coefficient (Wildman–Crippen LogP) is 7.88. The van der Waals surface area contributed by atoms with Crippen LogP contribution in [0.1, 0.15) is 51.4 Å². The van der Waals surface area contributed by atoms with Crippen LogP contribution < -0.4 is 10.6 Å². The zero-order chi connectivity index (χ0) is 20.6. The first-order chi connectivity index (χ1) is 14.5. The summed E-state index contributed by atoms with van der Waals surface area (Å²) in [5.74, 6) is 1.91. The van der Waals surface area contributed by atoms with Gasteiger partial charge in [0.05, 0.1) is 0 Å². The van der Waals surface area contributed by atoms with Gasteiger partial charge in [-0.2, -0.15) is 0 Å². The lowest BCUT2D eigenvalue weighted by Gasteiger charge is -2.62. The van der Waals surface area contributed by atoms with E-state index in [4.69, 9.17) is 23.2 Å². The maximum atomic E-state index is 6.02. The molecular weight excluding hydrogens is 411 g/mol. The number of hydrogen-bond acceptors (Lipinski definition) is 2. The SMILES string of the molecule is Clc1ccc(NCCC23CC4CC(C2)CC(CCNc2ccc(Cl)cc2)(C4)C3)cc1. The van der Waals surface area contributed by atoms with Crippen LogP contribution in [0.4, 0.5) is 11.4 Å². The van der Waals surface area contributed by atoms with E-state index in [0.29, 0.717) is 10.8 Å². The minimum absolute atomic E-state index is 0.559. The average molecular weight is 443 g/mol. The number of halogens is 2. The fourth-order valence-electron chi connectivity index (χ4n) is 7.31. The second-order valence-corrected chi connectivity index (χ2v) is 11.2. The smallest absolute Gasteiger partial charge is 0.0407 e. The summed E-state index contributed by atoms with van der Waals surface area (Å²) in [6.45, 7) is 2.14. The van der Waals surface area contributed by atoms with Gasteiger partial charge in [0.25, 0.3) is 0 Å². The first-order valence-electron chi connectivity index (χ1n) is 11.5. The molecule has 4 aliphatic rings. The number of nitrogens with one attached hydrogen (secondary N) is 2. The molecule has 2 aromatic carbocycles. The Balaban J connectivity index is 1.19. The third-order valence-corrected chi connectivity index (χ3v) is 8.46. The van der Waals surface area contributed by atoms with Gasteiger partial charge in [0.2, 0.25) is 0 Å². The highest BCUT2D eigenvalue weighted by Gasteiger charge is 2.56. The van der Waals surface area contributed by atoms with Gasteiger partial charge in [-0.05, 0) is 123 Å². The molecule has 0 unspecified atom stereocenters. The van der Waals surface area contributed by atoms with Crippen molar-refractivity contribution in [2.45, 2.75) is 51.4 Å². The van der Waals surface area contributed by atoms with Gasteiger partial charge in [-0.1, -0.05) is 23.2 Å². The molecular formula is C26H32Cl2N2. The van der Waals surface area contributed by atoms with Crippen molar-refractivity contribution in [3.8, 4) is 0 Å². The van der Waals surface area contributed by atoms with E-state index in [0.717, 1.165) is 35.0 Å². The molecule has 0 saturated heterocycles. The van der Waals surface area contributed by atoms with E-state index in [1.54, 1.807) is 0 Å². The minimum atomic E-state index is 0.559. The molecule has 0 heterocycles. The van der Waals surface area contributed by atoms with Gasteiger partial charge in [-0.25, -0.2) is 0 Å². The van der Waals surface area contributed by atoms with E-state index >= 15 is 0 Å². The highest BCUT2D eigenvalue weighted by molar-refractivity contribution is 6.30. The average Bonchev–Trinajstić information content (AvgIpc) is 2.70. The van der Waals surface area contributed by atoms with Crippen molar-refractivity contribution in [3.63, 3.8) is 0 Å². The van der Waals surface area contributed by atoms with Crippen LogP contribution in [0.3, 0.4) is 0 Å². The molecule has 0 spiro atoms. The van der Waals surface area contributed by atoms with Crippen molar-refractivity contribution in [3.05, 3.63) is 58.6 Å². The third kappa shape index (κ3) is 4.46. The summed E-state index contributed by atoms with van der Waals surface area (Å²) in [6.07, 6.45) is 11.3. The molecule has 0 atom stereocenters. The van der Waals surface area contributed by atoms with E-state index in [2.05, 4.69) is 34.9 Å². The maximum absolute atomic E-state index is 6.02. The number of rotatable bonds is 8. The molecule has 2 N–H and O–H groups in total. The first-order valence-corrected chi connectivity index (χ1v) is 12.3. The highest BCUT2D eigenvalue weighted by Crippen LogP contribution is 2.67. The van der Waals surface area contributed by atoms with Gasteiger partial charge in [0.15, 0.2) is 0 Å². The Morgan fingerprint density at radius 3 is 1.47 bits per heavy atom. The Labute approximate surface area is 190 Å². The molecule has 0 radical (unpaired) electrons. The van der Waals surface area contributed by atoms with Crippen LogP contribution in [0.2, 0.25) is 10.0 Å². The van der Waals surface area contributed by atoms with Gasteiger partial charge in [-0.15, -0.1) is 0 Å². The Hall–Kier alpha value is -1.38. The predicted molar refractivity (Wildman–Crippen MR) is 129 cm³/mol. The zero-order valence-electron chi connectivity index (χ0n) is 17.6. The molecule has 4 fully saturated rings. The van der Waals surface area contributed by atoms with Crippen LogP contribution in [-0.4, -0.2) is 13.1 Å². The summed E-state index contributed by atoms with van der Waals surface area (Å²) in [5.41, 5.74) is 3.49. The van der Waals surface area contributed by atoms with Crippen LogP contribution in [0.5, 0.6) is 0 Å². The third-order valence-electron chi connectivity index (χ3n) is 7.96. The van der Waals surface area contributed by atoms with Crippen molar-refractivity contribution in [1.82, 2.24) is 0 Å². The molecule has 4 heteroatoms. The molecule has 2 nitrogen and oxygen atoms in total. The molecule has 4 bridgehead atoms. The van der Waals surface area contributed by atoms with E-state index in [1.165, 1.54) is 62.7 Å². The van der Waals surface area contributed by atoms with Crippen molar-refractivity contribution in [1.29, 1.82) is 0 Å². The lowest BCUT2D eigenvalue weighted by molar-refractivity contribution is -0.114. The number of anilines is 2. The van der Waals surface area contributed by atoms with Gasteiger partial charge >= 0.3 is 0 Å². The normalized spacial score (nSPS) is 31.7. The molecule has 0 aliphatic heterocycles. The Kier molecular flexibility index (Phi) is 5.66. The first kappa shape index (κ1) is 20.5. The van der Waals surface area contributed by atoms with Gasteiger partial charge in [0, 0.05) is 34.5 Å². The van der Waals surface area contributed by atoms with Crippen molar-refractivity contribution in [2.24, 2.45) is 22.7 Å². The monoisotopic (exact) mass is 442 g/mol. The summed E-state index contributed by atoms with van der Waals surface area (Å²) in [7, 11) is 0. The maximum Gasteiger partial charge on any atom is 0.0407 e. The van der Waals surface area contributed by atoms with Crippen molar-refractivity contribution in [2.75, 3.05) is 23.7 Å². The molecule has 2 aromatic rings. The second-order valence-electron chi connectivity index (χ2n) is 10.3. The largest absolute Gasteiger partial charge is 0.385 e. The van der Waals surface area contributed by atoms with Crippen molar-refractivity contribution >= 4 is 34.6 Å². The summed E-state index contributed by atoms with van der Waals surface area (Å²) in [6, 6.07) is 16.2. The summed E-state index contributed by atoms with van der Waals surface area (Å²) in [5, 5.41) is 8.90. The van der Waals surface area contributed by atoms with E-state index in [9.17, 15) is 0 Å². The topological polar surface area (TPSA) is 24.1 Å². The highest BCUT2D eigenvalue weighted by atomic mass is 35.5. The van der Waals surface area contributed by atoms with Crippen LogP contribution in [0, 0.1) is 22.7 Å². The molecule has 4 saturated carbocycles. The summed E-state index contributed by atoms with van der Waals surface area (Å²) in [4.78, 5) is 0. The van der Waals surface area contributed by atoms with Gasteiger partial charge < -0.3 is 10.6 Å². The standard InChI is InChI=1S/C26H32Cl2N2/c27-21-1-5-23(6-2-21)29-11-9-25-14-19-13-20(15-25)17-26(16-19,18-25)10-12-30-24-7-3-22(28)4-8-24/h1-8,19-20,29-30H,9-18H2. The lowest BCUT2D eigenvalue weighted by Crippen LogP contribution is -2.52. The fraction of sp³-hybridized carbons (Fsp3) is 0.538. The molecule has 6 rings (SSSR count). The second kappa shape index (κ2) is 8.28. The van der Waals surface area contributed by atoms with Crippen LogP contribution in [0.15, 0.2) is 48.5 Å². The minimum Gasteiger partial charge on any atom is -0.385 e. The molecule has 4 aliphatic carbocycles. The Bertz CT molecular complexity index is 778. The Morgan fingerprint density at radius 1 is 0.667 bits per heavy atom. The lowest BCUT2D eigenvalue weighted by atomic mass is 9.43. The zero-order valence-corrected chi connectivity index (χ0v) is 19.1. The van der Waals surface area contributed by atoms with E-state index in [1.807, 2.05) is 24.3 Å². The van der Waals surface area contributed by atoms with Crippen LogP contribution in [-0.2, 0) is 0 Å². The van der Waals surface area contributed by atoms with Gasteiger partial charge in [0.1, 0.15) is 0 Å². The summed E-state index contributed by atoms with van der Waals surface area (Å²) >= 11 is 12.0. The van der Waals surface area contributed by atoms with E-state index in [-0.39, 0.29) is 0 Å². The van der Waals surface area contributed by atoms with Crippen molar-refractivity contribution < 1.29 is 0 Å². The molecule has 0 amide bonds. The van der Waals surface area contributed by atoms with E-state index < -0.39 is 0 Å². The van der Waals surface area contributed by atoms with Crippen LogP contribution in [0.25, 0.3) is 0 Å². The van der Waals surface area contributed by atoms with Gasteiger partial charge in [-0.3, -0.25) is 0 Å². The Morgan fingerprint density at radius 2 is 1.07 bits per heavy atom.